The van der Waals surface area contributed by atoms with E-state index in [9.17, 15) is 0 Å². The van der Waals surface area contributed by atoms with Crippen molar-refractivity contribution in [2.24, 2.45) is 4.99 Å². The SMILES string of the molecule is c1ccc(C[C@H]2COC(c3ccc[nH]3)=N2)cc1. The van der Waals surface area contributed by atoms with Crippen LogP contribution in [0, 0.1) is 0 Å². The second-order valence-corrected chi connectivity index (χ2v) is 4.17. The summed E-state index contributed by atoms with van der Waals surface area (Å²) in [6.45, 7) is 0.670. The third-order valence-electron chi connectivity index (χ3n) is 2.85. The van der Waals surface area contributed by atoms with Crippen molar-refractivity contribution in [3.05, 3.63) is 59.9 Å². The lowest BCUT2D eigenvalue weighted by Crippen LogP contribution is -2.09. The first kappa shape index (κ1) is 10.1. The van der Waals surface area contributed by atoms with Gasteiger partial charge in [-0.2, -0.15) is 0 Å². The van der Waals surface area contributed by atoms with Crippen LogP contribution in [0.2, 0.25) is 0 Å². The summed E-state index contributed by atoms with van der Waals surface area (Å²) in [4.78, 5) is 7.70. The zero-order valence-corrected chi connectivity index (χ0v) is 9.47. The second-order valence-electron chi connectivity index (χ2n) is 4.17. The monoisotopic (exact) mass is 226 g/mol. The highest BCUT2D eigenvalue weighted by Gasteiger charge is 2.20. The molecule has 0 aliphatic carbocycles. The van der Waals surface area contributed by atoms with E-state index in [-0.39, 0.29) is 6.04 Å². The molecule has 0 radical (unpaired) electrons. The average molecular weight is 226 g/mol. The van der Waals surface area contributed by atoms with E-state index in [2.05, 4.69) is 34.2 Å². The first-order chi connectivity index (χ1) is 8.42. The molecule has 0 saturated carbocycles. The molecule has 0 saturated heterocycles. The molecule has 0 amide bonds. The van der Waals surface area contributed by atoms with Gasteiger partial charge in [-0.3, -0.25) is 0 Å². The fourth-order valence-electron chi connectivity index (χ4n) is 2.02. The summed E-state index contributed by atoms with van der Waals surface area (Å²) in [5.74, 6) is 0.732. The third-order valence-corrected chi connectivity index (χ3v) is 2.85. The Morgan fingerprint density at radius 3 is 2.82 bits per heavy atom. The van der Waals surface area contributed by atoms with Crippen molar-refractivity contribution in [3.63, 3.8) is 0 Å². The van der Waals surface area contributed by atoms with Gasteiger partial charge in [0.05, 0.1) is 6.04 Å². The highest BCUT2D eigenvalue weighted by atomic mass is 16.5. The number of nitrogens with zero attached hydrogens (tertiary/aromatic N) is 1. The molecule has 3 nitrogen and oxygen atoms in total. The summed E-state index contributed by atoms with van der Waals surface area (Å²) in [6, 6.07) is 14.6. The van der Waals surface area contributed by atoms with Gasteiger partial charge in [0, 0.05) is 6.20 Å². The van der Waals surface area contributed by atoms with Crippen LogP contribution < -0.4 is 0 Å². The maximum Gasteiger partial charge on any atom is 0.233 e. The molecule has 0 fully saturated rings. The number of aliphatic imine (C=N–C) groups is 1. The molecular formula is C14H14N2O. The number of aromatic nitrogens is 1. The number of H-pyrrole nitrogens is 1. The molecule has 3 heteroatoms. The summed E-state index contributed by atoms with van der Waals surface area (Å²) in [7, 11) is 0. The Hall–Kier alpha value is -2.03. The van der Waals surface area contributed by atoms with Gasteiger partial charge in [-0.1, -0.05) is 30.3 Å². The van der Waals surface area contributed by atoms with Crippen molar-refractivity contribution in [1.29, 1.82) is 0 Å². The van der Waals surface area contributed by atoms with Crippen LogP contribution in [0.4, 0.5) is 0 Å². The van der Waals surface area contributed by atoms with Crippen LogP contribution >= 0.6 is 0 Å². The Labute approximate surface area is 100 Å². The number of hydrogen-bond donors (Lipinski definition) is 1. The van der Waals surface area contributed by atoms with E-state index in [0.29, 0.717) is 6.61 Å². The molecule has 1 atom stereocenters. The summed E-state index contributed by atoms with van der Waals surface area (Å²) < 4.78 is 5.60. The van der Waals surface area contributed by atoms with Crippen molar-refractivity contribution in [2.45, 2.75) is 12.5 Å². The first-order valence-electron chi connectivity index (χ1n) is 5.80. The molecule has 17 heavy (non-hydrogen) atoms. The van der Waals surface area contributed by atoms with Crippen LogP contribution in [0.5, 0.6) is 0 Å². The summed E-state index contributed by atoms with van der Waals surface area (Å²) in [5, 5.41) is 0. The van der Waals surface area contributed by atoms with Gasteiger partial charge in [0.2, 0.25) is 5.90 Å². The minimum absolute atomic E-state index is 0.232. The molecule has 1 aliphatic rings. The second kappa shape index (κ2) is 4.45. The third kappa shape index (κ3) is 2.23. The standard InChI is InChI=1S/C14H14N2O/c1-2-5-11(6-3-1)9-12-10-17-14(16-12)13-7-4-8-15-13/h1-8,12,15H,9-10H2/t12-/m0/s1. The normalized spacial score (nSPS) is 18.8. The molecule has 0 spiro atoms. The lowest BCUT2D eigenvalue weighted by molar-refractivity contribution is 0.316. The van der Waals surface area contributed by atoms with Crippen LogP contribution in [0.1, 0.15) is 11.3 Å². The van der Waals surface area contributed by atoms with Crippen molar-refractivity contribution in [1.82, 2.24) is 4.98 Å². The zero-order valence-electron chi connectivity index (χ0n) is 9.47. The van der Waals surface area contributed by atoms with Crippen LogP contribution in [0.25, 0.3) is 0 Å². The Kier molecular flexibility index (Phi) is 2.66. The number of ether oxygens (including phenoxy) is 1. The molecule has 1 aliphatic heterocycles. The number of hydrogen-bond acceptors (Lipinski definition) is 2. The fraction of sp³-hybridized carbons (Fsp3) is 0.214. The maximum atomic E-state index is 5.60. The van der Waals surface area contributed by atoms with Gasteiger partial charge >= 0.3 is 0 Å². The molecule has 0 bridgehead atoms. The van der Waals surface area contributed by atoms with Gasteiger partial charge in [-0.25, -0.2) is 4.99 Å². The van der Waals surface area contributed by atoms with Crippen LogP contribution in [0.3, 0.4) is 0 Å². The quantitative estimate of drug-likeness (QED) is 0.857. The van der Waals surface area contributed by atoms with Gasteiger partial charge in [0.15, 0.2) is 0 Å². The minimum atomic E-state index is 0.232. The van der Waals surface area contributed by atoms with Gasteiger partial charge in [-0.05, 0) is 24.1 Å². The Morgan fingerprint density at radius 2 is 2.06 bits per heavy atom. The van der Waals surface area contributed by atoms with Crippen LogP contribution in [-0.4, -0.2) is 23.5 Å². The Morgan fingerprint density at radius 1 is 1.18 bits per heavy atom. The van der Waals surface area contributed by atoms with Crippen molar-refractivity contribution < 1.29 is 4.74 Å². The predicted octanol–water partition coefficient (Wildman–Crippen LogP) is 2.40. The molecule has 2 aromatic rings. The average Bonchev–Trinajstić information content (AvgIpc) is 3.00. The highest BCUT2D eigenvalue weighted by molar-refractivity contribution is 5.93. The lowest BCUT2D eigenvalue weighted by atomic mass is 10.1. The summed E-state index contributed by atoms with van der Waals surface area (Å²) >= 11 is 0. The molecule has 1 aromatic carbocycles. The smallest absolute Gasteiger partial charge is 0.233 e. The molecule has 1 N–H and O–H groups in total. The van der Waals surface area contributed by atoms with Gasteiger partial charge in [-0.15, -0.1) is 0 Å². The summed E-state index contributed by atoms with van der Waals surface area (Å²) in [6.07, 6.45) is 2.82. The van der Waals surface area contributed by atoms with Crippen LogP contribution in [0.15, 0.2) is 53.7 Å². The van der Waals surface area contributed by atoms with Crippen molar-refractivity contribution in [3.8, 4) is 0 Å². The minimum Gasteiger partial charge on any atom is -0.474 e. The maximum absolute atomic E-state index is 5.60. The van der Waals surface area contributed by atoms with E-state index in [1.807, 2.05) is 24.4 Å². The summed E-state index contributed by atoms with van der Waals surface area (Å²) in [5.41, 5.74) is 2.26. The number of nitrogens with one attached hydrogen (secondary N) is 1. The van der Waals surface area contributed by atoms with E-state index in [4.69, 9.17) is 4.74 Å². The zero-order chi connectivity index (χ0) is 11.5. The number of aromatic amines is 1. The Balaban J connectivity index is 1.71. The van der Waals surface area contributed by atoms with Crippen molar-refractivity contribution in [2.75, 3.05) is 6.61 Å². The van der Waals surface area contributed by atoms with E-state index in [1.165, 1.54) is 5.56 Å². The molecule has 3 rings (SSSR count). The fourth-order valence-corrected chi connectivity index (χ4v) is 2.02. The number of rotatable bonds is 3. The number of benzene rings is 1. The molecule has 1 aromatic heterocycles. The van der Waals surface area contributed by atoms with E-state index >= 15 is 0 Å². The highest BCUT2D eigenvalue weighted by Crippen LogP contribution is 2.14. The van der Waals surface area contributed by atoms with Gasteiger partial charge < -0.3 is 9.72 Å². The van der Waals surface area contributed by atoms with Gasteiger partial charge in [0.25, 0.3) is 0 Å². The van der Waals surface area contributed by atoms with E-state index < -0.39 is 0 Å². The van der Waals surface area contributed by atoms with Crippen LogP contribution in [-0.2, 0) is 11.2 Å². The molecule has 0 unspecified atom stereocenters. The molecule has 2 heterocycles. The Bertz CT molecular complexity index is 502. The van der Waals surface area contributed by atoms with E-state index in [0.717, 1.165) is 18.0 Å². The topological polar surface area (TPSA) is 37.4 Å². The largest absolute Gasteiger partial charge is 0.474 e. The van der Waals surface area contributed by atoms with E-state index in [1.54, 1.807) is 0 Å². The lowest BCUT2D eigenvalue weighted by Gasteiger charge is -2.03. The first-order valence-corrected chi connectivity index (χ1v) is 5.80. The predicted molar refractivity (Wildman–Crippen MR) is 67.2 cm³/mol. The molecular weight excluding hydrogens is 212 g/mol. The molecule has 86 valence electrons. The van der Waals surface area contributed by atoms with Gasteiger partial charge in [0.1, 0.15) is 12.3 Å². The van der Waals surface area contributed by atoms with Crippen molar-refractivity contribution >= 4 is 5.90 Å².